The summed E-state index contributed by atoms with van der Waals surface area (Å²) in [5, 5.41) is 0. The van der Waals surface area contributed by atoms with E-state index in [2.05, 4.69) is 41.5 Å². The van der Waals surface area contributed by atoms with Gasteiger partial charge in [0.05, 0.1) is 0 Å². The normalized spacial score (nSPS) is 12.5. The SMILES string of the molecule is CCC(C)CCCCCCCCCCCCCCCCC(=O)O[C@H](COC(=O)CCCCCCCCCCCCCCCCCCC(C)C)COC(=O)CCCCCCCCCCCCCCCC(C)C. The van der Waals surface area contributed by atoms with Crippen LogP contribution in [0.15, 0.2) is 0 Å². The van der Waals surface area contributed by atoms with Crippen LogP contribution in [0.4, 0.5) is 0 Å². The molecule has 0 amide bonds. The largest absolute Gasteiger partial charge is 0.462 e. The maximum absolute atomic E-state index is 12.9. The Kier molecular flexibility index (Phi) is 54.9. The van der Waals surface area contributed by atoms with Crippen molar-refractivity contribution in [2.24, 2.45) is 17.8 Å². The first-order chi connectivity index (χ1) is 34.6. The molecule has 0 aromatic rings. The standard InChI is InChI=1S/C65H126O6/c1-7-61(6)53-47-41-35-29-23-17-12-13-19-26-32-38-44-50-56-65(68)71-62(58-70-64(67)55-49-43-37-31-25-20-14-16-22-28-34-40-46-52-60(4)5)57-69-63(66)54-48-42-36-30-24-18-11-9-8-10-15-21-27-33-39-45-51-59(2)3/h59-62H,7-58H2,1-6H3/t61?,62-/m1/s1. The molecule has 0 N–H and O–H groups in total. The zero-order chi connectivity index (χ0) is 51.9. The first-order valence-corrected chi connectivity index (χ1v) is 32.1. The molecule has 0 aliphatic rings. The van der Waals surface area contributed by atoms with E-state index in [0.29, 0.717) is 19.3 Å². The van der Waals surface area contributed by atoms with Crippen LogP contribution < -0.4 is 0 Å². The van der Waals surface area contributed by atoms with Crippen LogP contribution in [0.3, 0.4) is 0 Å². The van der Waals surface area contributed by atoms with Crippen molar-refractivity contribution in [2.75, 3.05) is 13.2 Å². The summed E-state index contributed by atoms with van der Waals surface area (Å²) in [5.41, 5.74) is 0. The molecule has 0 heterocycles. The fourth-order valence-electron chi connectivity index (χ4n) is 10.0. The molecule has 0 radical (unpaired) electrons. The minimum atomic E-state index is -0.765. The van der Waals surface area contributed by atoms with Crippen LogP contribution in [0.5, 0.6) is 0 Å². The maximum atomic E-state index is 12.9. The van der Waals surface area contributed by atoms with E-state index in [1.165, 1.54) is 244 Å². The average molecular weight is 1000 g/mol. The molecule has 0 aliphatic heterocycles. The lowest BCUT2D eigenvalue weighted by atomic mass is 9.99. The van der Waals surface area contributed by atoms with E-state index in [1.54, 1.807) is 0 Å². The summed E-state index contributed by atoms with van der Waals surface area (Å²) >= 11 is 0. The van der Waals surface area contributed by atoms with Gasteiger partial charge in [-0.15, -0.1) is 0 Å². The van der Waals surface area contributed by atoms with Crippen molar-refractivity contribution < 1.29 is 28.6 Å². The topological polar surface area (TPSA) is 78.9 Å². The number of esters is 3. The predicted molar refractivity (Wildman–Crippen MR) is 307 cm³/mol. The van der Waals surface area contributed by atoms with Crippen molar-refractivity contribution >= 4 is 17.9 Å². The molecule has 0 aromatic carbocycles. The van der Waals surface area contributed by atoms with Gasteiger partial charge in [-0.25, -0.2) is 0 Å². The van der Waals surface area contributed by atoms with Crippen LogP contribution in [0.25, 0.3) is 0 Å². The van der Waals surface area contributed by atoms with E-state index in [1.807, 2.05) is 0 Å². The molecule has 0 bridgehead atoms. The molecule has 2 atom stereocenters. The summed E-state index contributed by atoms with van der Waals surface area (Å²) in [6.07, 6.45) is 60.9. The van der Waals surface area contributed by atoms with Crippen LogP contribution in [-0.4, -0.2) is 37.2 Å². The Bertz CT molecular complexity index is 1100. The number of hydrogen-bond donors (Lipinski definition) is 0. The Morgan fingerprint density at radius 1 is 0.282 bits per heavy atom. The minimum Gasteiger partial charge on any atom is -0.462 e. The van der Waals surface area contributed by atoms with Crippen molar-refractivity contribution in [1.29, 1.82) is 0 Å². The van der Waals surface area contributed by atoms with E-state index in [9.17, 15) is 14.4 Å². The monoisotopic (exact) mass is 1000 g/mol. The molecule has 0 saturated carbocycles. The number of rotatable bonds is 58. The van der Waals surface area contributed by atoms with Gasteiger partial charge in [0.15, 0.2) is 6.10 Å². The Hall–Kier alpha value is -1.59. The Balaban J connectivity index is 4.30. The zero-order valence-corrected chi connectivity index (χ0v) is 49.0. The van der Waals surface area contributed by atoms with E-state index in [0.717, 1.165) is 75.5 Å². The quantitative estimate of drug-likeness (QED) is 0.0343. The Labute approximate surface area is 444 Å². The second kappa shape index (κ2) is 56.1. The highest BCUT2D eigenvalue weighted by Gasteiger charge is 2.19. The van der Waals surface area contributed by atoms with Gasteiger partial charge in [0, 0.05) is 19.3 Å². The summed E-state index contributed by atoms with van der Waals surface area (Å²) in [5.74, 6) is 1.75. The van der Waals surface area contributed by atoms with Gasteiger partial charge in [0.2, 0.25) is 0 Å². The Morgan fingerprint density at radius 3 is 0.732 bits per heavy atom. The van der Waals surface area contributed by atoms with E-state index < -0.39 is 6.10 Å². The highest BCUT2D eigenvalue weighted by atomic mass is 16.6. The summed E-state index contributed by atoms with van der Waals surface area (Å²) in [6, 6.07) is 0. The summed E-state index contributed by atoms with van der Waals surface area (Å²) < 4.78 is 17.0. The third-order valence-electron chi connectivity index (χ3n) is 15.3. The molecule has 0 fully saturated rings. The van der Waals surface area contributed by atoms with Gasteiger partial charge in [-0.1, -0.05) is 324 Å². The van der Waals surface area contributed by atoms with Crippen LogP contribution in [0.2, 0.25) is 0 Å². The smallest absolute Gasteiger partial charge is 0.306 e. The number of carbonyl (C=O) groups excluding carboxylic acids is 3. The predicted octanol–water partition coefficient (Wildman–Crippen LogP) is 21.5. The van der Waals surface area contributed by atoms with Crippen molar-refractivity contribution in [1.82, 2.24) is 0 Å². The van der Waals surface area contributed by atoms with Crippen LogP contribution in [0.1, 0.15) is 363 Å². The molecule has 0 spiro atoms. The second-order valence-corrected chi connectivity index (χ2v) is 23.6. The van der Waals surface area contributed by atoms with Crippen molar-refractivity contribution in [3.05, 3.63) is 0 Å². The fourth-order valence-corrected chi connectivity index (χ4v) is 10.0. The molecular weight excluding hydrogens is 877 g/mol. The first kappa shape index (κ1) is 69.4. The number of hydrogen-bond acceptors (Lipinski definition) is 6. The molecule has 0 rings (SSSR count). The summed E-state index contributed by atoms with van der Waals surface area (Å²) in [4.78, 5) is 38.3. The second-order valence-electron chi connectivity index (χ2n) is 23.6. The number of ether oxygens (including phenoxy) is 3. The lowest BCUT2D eigenvalue weighted by molar-refractivity contribution is -0.167. The zero-order valence-electron chi connectivity index (χ0n) is 49.0. The van der Waals surface area contributed by atoms with Crippen LogP contribution >= 0.6 is 0 Å². The van der Waals surface area contributed by atoms with Gasteiger partial charge >= 0.3 is 17.9 Å². The molecule has 1 unspecified atom stereocenters. The van der Waals surface area contributed by atoms with E-state index in [-0.39, 0.29) is 31.1 Å². The van der Waals surface area contributed by atoms with Gasteiger partial charge in [-0.2, -0.15) is 0 Å². The highest BCUT2D eigenvalue weighted by molar-refractivity contribution is 5.71. The maximum Gasteiger partial charge on any atom is 0.306 e. The number of unbranched alkanes of at least 4 members (excludes halogenated alkanes) is 40. The highest BCUT2D eigenvalue weighted by Crippen LogP contribution is 2.19. The third kappa shape index (κ3) is 57.5. The molecule has 422 valence electrons. The third-order valence-corrected chi connectivity index (χ3v) is 15.3. The molecule has 0 aromatic heterocycles. The minimum absolute atomic E-state index is 0.0625. The number of carbonyl (C=O) groups is 3. The van der Waals surface area contributed by atoms with Gasteiger partial charge < -0.3 is 14.2 Å². The van der Waals surface area contributed by atoms with E-state index >= 15 is 0 Å². The average Bonchev–Trinajstić information content (AvgIpc) is 3.35. The first-order valence-electron chi connectivity index (χ1n) is 32.1. The van der Waals surface area contributed by atoms with Gasteiger partial charge in [-0.3, -0.25) is 14.4 Å². The van der Waals surface area contributed by atoms with E-state index in [4.69, 9.17) is 14.2 Å². The molecule has 0 saturated heterocycles. The molecule has 0 aliphatic carbocycles. The van der Waals surface area contributed by atoms with Crippen LogP contribution in [-0.2, 0) is 28.6 Å². The molecule has 71 heavy (non-hydrogen) atoms. The fraction of sp³-hybridized carbons (Fsp3) is 0.954. The lowest BCUT2D eigenvalue weighted by Gasteiger charge is -2.18. The lowest BCUT2D eigenvalue weighted by Crippen LogP contribution is -2.30. The molecular formula is C65H126O6. The van der Waals surface area contributed by atoms with Gasteiger partial charge in [0.25, 0.3) is 0 Å². The molecule has 6 nitrogen and oxygen atoms in total. The van der Waals surface area contributed by atoms with Crippen molar-refractivity contribution in [3.8, 4) is 0 Å². The summed E-state index contributed by atoms with van der Waals surface area (Å²) in [7, 11) is 0. The summed E-state index contributed by atoms with van der Waals surface area (Å²) in [6.45, 7) is 13.8. The van der Waals surface area contributed by atoms with Crippen LogP contribution in [0, 0.1) is 17.8 Å². The van der Waals surface area contributed by atoms with Crippen molar-refractivity contribution in [3.63, 3.8) is 0 Å². The Morgan fingerprint density at radius 2 is 0.493 bits per heavy atom. The molecule has 6 heteroatoms. The van der Waals surface area contributed by atoms with Gasteiger partial charge in [-0.05, 0) is 37.0 Å². The van der Waals surface area contributed by atoms with Crippen molar-refractivity contribution in [2.45, 2.75) is 369 Å². The van der Waals surface area contributed by atoms with Gasteiger partial charge in [0.1, 0.15) is 13.2 Å².